The fourth-order valence-corrected chi connectivity index (χ4v) is 2.51. The second-order valence-electron chi connectivity index (χ2n) is 5.45. The van der Waals surface area contributed by atoms with Crippen LogP contribution in [0.1, 0.15) is 46.0 Å². The van der Waals surface area contributed by atoms with E-state index in [0.717, 1.165) is 45.5 Å². The van der Waals surface area contributed by atoms with Crippen LogP contribution in [-0.2, 0) is 9.53 Å². The van der Waals surface area contributed by atoms with E-state index < -0.39 is 11.5 Å². The molecule has 1 heterocycles. The van der Waals surface area contributed by atoms with E-state index in [1.807, 2.05) is 6.92 Å². The van der Waals surface area contributed by atoms with Crippen molar-refractivity contribution in [1.82, 2.24) is 4.90 Å². The molecule has 0 aromatic rings. The van der Waals surface area contributed by atoms with Crippen LogP contribution in [-0.4, -0.2) is 53.9 Å². The average Bonchev–Trinajstić information content (AvgIpc) is 2.89. The lowest BCUT2D eigenvalue weighted by Crippen LogP contribution is -2.47. The predicted molar refractivity (Wildman–Crippen MR) is 75.2 cm³/mol. The van der Waals surface area contributed by atoms with Gasteiger partial charge in [0.1, 0.15) is 5.54 Å². The maximum absolute atomic E-state index is 11.1. The quantitative estimate of drug-likeness (QED) is 0.664. The molecule has 0 aromatic carbocycles. The van der Waals surface area contributed by atoms with Gasteiger partial charge < -0.3 is 20.5 Å². The molecule has 0 aromatic heterocycles. The molecule has 1 fully saturated rings. The summed E-state index contributed by atoms with van der Waals surface area (Å²) in [6, 6.07) is 0. The van der Waals surface area contributed by atoms with Gasteiger partial charge in [-0.05, 0) is 45.2 Å². The lowest BCUT2D eigenvalue weighted by molar-refractivity contribution is -0.143. The summed E-state index contributed by atoms with van der Waals surface area (Å²) in [5.74, 6) is -0.892. The Morgan fingerprint density at radius 3 is 2.74 bits per heavy atom. The molecule has 5 nitrogen and oxygen atoms in total. The van der Waals surface area contributed by atoms with Crippen molar-refractivity contribution < 1.29 is 14.6 Å². The van der Waals surface area contributed by atoms with E-state index in [2.05, 4.69) is 11.8 Å². The van der Waals surface area contributed by atoms with Crippen LogP contribution in [0.5, 0.6) is 0 Å². The Labute approximate surface area is 116 Å². The summed E-state index contributed by atoms with van der Waals surface area (Å²) in [4.78, 5) is 13.4. The van der Waals surface area contributed by atoms with E-state index in [4.69, 9.17) is 15.6 Å². The minimum atomic E-state index is -1.07. The number of hydrogen-bond acceptors (Lipinski definition) is 4. The van der Waals surface area contributed by atoms with Crippen molar-refractivity contribution in [2.24, 2.45) is 5.73 Å². The molecule has 19 heavy (non-hydrogen) atoms. The molecule has 0 saturated carbocycles. The van der Waals surface area contributed by atoms with Gasteiger partial charge in [-0.1, -0.05) is 13.8 Å². The Morgan fingerprint density at radius 2 is 2.26 bits per heavy atom. The molecule has 2 atom stereocenters. The third kappa shape index (κ3) is 5.09. The number of nitrogens with two attached hydrogens (primary N) is 1. The molecule has 0 radical (unpaired) electrons. The lowest BCUT2D eigenvalue weighted by atomic mass is 9.92. The van der Waals surface area contributed by atoms with Crippen molar-refractivity contribution >= 4 is 5.97 Å². The van der Waals surface area contributed by atoms with Crippen LogP contribution in [0.15, 0.2) is 0 Å². The second kappa shape index (κ2) is 7.82. The molecule has 1 rings (SSSR count). The zero-order chi connectivity index (χ0) is 14.3. The fraction of sp³-hybridized carbons (Fsp3) is 0.929. The number of aliphatic carboxylic acids is 1. The number of rotatable bonds is 9. The van der Waals surface area contributed by atoms with Crippen LogP contribution in [0.3, 0.4) is 0 Å². The number of carboxylic acids is 1. The highest BCUT2D eigenvalue weighted by Gasteiger charge is 2.31. The van der Waals surface area contributed by atoms with Crippen molar-refractivity contribution in [3.8, 4) is 0 Å². The SMILES string of the molecule is CCN(CCCC(N)(CC)C(=O)O)CC1CCCO1. The number of likely N-dealkylation sites (N-methyl/N-ethyl adjacent to an activating group) is 1. The van der Waals surface area contributed by atoms with Gasteiger partial charge in [0.15, 0.2) is 0 Å². The summed E-state index contributed by atoms with van der Waals surface area (Å²) in [7, 11) is 0. The number of hydrogen-bond donors (Lipinski definition) is 2. The van der Waals surface area contributed by atoms with Gasteiger partial charge in [0, 0.05) is 13.2 Å². The number of ether oxygens (including phenoxy) is 1. The van der Waals surface area contributed by atoms with Gasteiger partial charge in [0.05, 0.1) is 6.10 Å². The van der Waals surface area contributed by atoms with Gasteiger partial charge in [-0.3, -0.25) is 4.79 Å². The highest BCUT2D eigenvalue weighted by Crippen LogP contribution is 2.17. The van der Waals surface area contributed by atoms with Gasteiger partial charge in [-0.15, -0.1) is 0 Å². The first-order valence-corrected chi connectivity index (χ1v) is 7.38. The lowest BCUT2D eigenvalue weighted by Gasteiger charge is -2.27. The first-order valence-electron chi connectivity index (χ1n) is 7.38. The third-order valence-corrected chi connectivity index (χ3v) is 4.09. The molecule has 3 N–H and O–H groups in total. The molecule has 1 aliphatic heterocycles. The summed E-state index contributed by atoms with van der Waals surface area (Å²) in [5, 5.41) is 9.13. The predicted octanol–water partition coefficient (Wildman–Crippen LogP) is 1.46. The van der Waals surface area contributed by atoms with E-state index >= 15 is 0 Å². The van der Waals surface area contributed by atoms with Gasteiger partial charge in [0.25, 0.3) is 0 Å². The number of carboxylic acid groups (broad SMARTS) is 1. The summed E-state index contributed by atoms with van der Waals surface area (Å²) in [5.41, 5.74) is 4.82. The van der Waals surface area contributed by atoms with E-state index in [0.29, 0.717) is 18.9 Å². The number of nitrogens with zero attached hydrogens (tertiary/aromatic N) is 1. The monoisotopic (exact) mass is 272 g/mol. The van der Waals surface area contributed by atoms with Crippen LogP contribution in [0.4, 0.5) is 0 Å². The molecule has 0 bridgehead atoms. The van der Waals surface area contributed by atoms with Crippen molar-refractivity contribution in [2.75, 3.05) is 26.2 Å². The van der Waals surface area contributed by atoms with E-state index in [9.17, 15) is 4.79 Å². The van der Waals surface area contributed by atoms with Crippen molar-refractivity contribution in [3.05, 3.63) is 0 Å². The maximum atomic E-state index is 11.1. The molecule has 112 valence electrons. The van der Waals surface area contributed by atoms with Crippen LogP contribution < -0.4 is 5.73 Å². The Morgan fingerprint density at radius 1 is 1.53 bits per heavy atom. The molecular weight excluding hydrogens is 244 g/mol. The van der Waals surface area contributed by atoms with Crippen LogP contribution in [0, 0.1) is 0 Å². The first-order chi connectivity index (χ1) is 9.01. The van der Waals surface area contributed by atoms with Gasteiger partial charge in [-0.25, -0.2) is 0 Å². The van der Waals surface area contributed by atoms with Crippen LogP contribution in [0.2, 0.25) is 0 Å². The average molecular weight is 272 g/mol. The Hall–Kier alpha value is -0.650. The molecular formula is C14H28N2O3. The Bertz CT molecular complexity index is 280. The molecule has 1 saturated heterocycles. The van der Waals surface area contributed by atoms with Crippen LogP contribution >= 0.6 is 0 Å². The minimum absolute atomic E-state index is 0.355. The van der Waals surface area contributed by atoms with Crippen molar-refractivity contribution in [1.29, 1.82) is 0 Å². The summed E-state index contributed by atoms with van der Waals surface area (Å²) in [6.07, 6.45) is 4.47. The summed E-state index contributed by atoms with van der Waals surface area (Å²) < 4.78 is 5.63. The van der Waals surface area contributed by atoms with Gasteiger partial charge in [0.2, 0.25) is 0 Å². The Balaban J connectivity index is 2.30. The highest BCUT2D eigenvalue weighted by molar-refractivity contribution is 5.78. The summed E-state index contributed by atoms with van der Waals surface area (Å²) in [6.45, 7) is 7.65. The van der Waals surface area contributed by atoms with Crippen molar-refractivity contribution in [3.63, 3.8) is 0 Å². The van der Waals surface area contributed by atoms with E-state index in [1.165, 1.54) is 0 Å². The maximum Gasteiger partial charge on any atom is 0.323 e. The molecule has 0 aliphatic carbocycles. The molecule has 1 aliphatic rings. The second-order valence-corrected chi connectivity index (χ2v) is 5.45. The van der Waals surface area contributed by atoms with E-state index in [1.54, 1.807) is 0 Å². The van der Waals surface area contributed by atoms with Crippen molar-refractivity contribution in [2.45, 2.75) is 57.6 Å². The third-order valence-electron chi connectivity index (χ3n) is 4.09. The Kier molecular flexibility index (Phi) is 6.75. The zero-order valence-corrected chi connectivity index (χ0v) is 12.2. The molecule has 0 amide bonds. The van der Waals surface area contributed by atoms with Gasteiger partial charge >= 0.3 is 5.97 Å². The zero-order valence-electron chi connectivity index (χ0n) is 12.2. The summed E-state index contributed by atoms with van der Waals surface area (Å²) >= 11 is 0. The normalized spacial score (nSPS) is 22.6. The van der Waals surface area contributed by atoms with Gasteiger partial charge in [-0.2, -0.15) is 0 Å². The minimum Gasteiger partial charge on any atom is -0.480 e. The standard InChI is InChI=1S/C14H28N2O3/c1-3-14(15,13(17)18)8-6-9-16(4-2)11-12-7-5-10-19-12/h12H,3-11,15H2,1-2H3,(H,17,18). The topological polar surface area (TPSA) is 75.8 Å². The smallest absolute Gasteiger partial charge is 0.323 e. The molecule has 5 heteroatoms. The van der Waals surface area contributed by atoms with Crippen LogP contribution in [0.25, 0.3) is 0 Å². The molecule has 2 unspecified atom stereocenters. The fourth-order valence-electron chi connectivity index (χ4n) is 2.51. The largest absolute Gasteiger partial charge is 0.480 e. The molecule has 0 spiro atoms. The number of carbonyl (C=O) groups is 1. The highest BCUT2D eigenvalue weighted by atomic mass is 16.5. The first kappa shape index (κ1) is 16.4. The van der Waals surface area contributed by atoms with E-state index in [-0.39, 0.29) is 0 Å².